The first-order chi connectivity index (χ1) is 7.83. The normalized spacial score (nSPS) is 11.4. The van der Waals surface area contributed by atoms with Crippen LogP contribution in [0.1, 0.15) is 6.42 Å². The Morgan fingerprint density at radius 3 is 2.41 bits per heavy atom. The van der Waals surface area contributed by atoms with Crippen molar-refractivity contribution in [2.24, 2.45) is 0 Å². The highest BCUT2D eigenvalue weighted by Gasteiger charge is 2.27. The fourth-order valence-electron chi connectivity index (χ4n) is 1.11. The SMILES string of the molecule is COc1cc(OCCC(F)(F)F)c(F)cc1N. The van der Waals surface area contributed by atoms with E-state index in [0.29, 0.717) is 0 Å². The number of halogens is 4. The molecule has 0 radical (unpaired) electrons. The lowest BCUT2D eigenvalue weighted by Gasteiger charge is -2.11. The summed E-state index contributed by atoms with van der Waals surface area (Å²) in [6.07, 6.45) is -5.49. The van der Waals surface area contributed by atoms with Crippen LogP contribution in [0, 0.1) is 5.82 Å². The number of rotatable bonds is 4. The van der Waals surface area contributed by atoms with Crippen LogP contribution >= 0.6 is 0 Å². The van der Waals surface area contributed by atoms with E-state index in [4.69, 9.17) is 10.5 Å². The molecule has 0 aliphatic rings. The Hall–Kier alpha value is -1.66. The summed E-state index contributed by atoms with van der Waals surface area (Å²) in [4.78, 5) is 0. The van der Waals surface area contributed by atoms with Gasteiger partial charge in [0.2, 0.25) is 0 Å². The number of nitrogens with two attached hydrogens (primary N) is 1. The number of ether oxygens (including phenoxy) is 2. The highest BCUT2D eigenvalue weighted by Crippen LogP contribution is 2.30. The Labute approximate surface area is 95.1 Å². The number of alkyl halides is 3. The van der Waals surface area contributed by atoms with Crippen LogP contribution in [-0.2, 0) is 0 Å². The zero-order chi connectivity index (χ0) is 13.1. The molecule has 0 aliphatic heterocycles. The first-order valence-electron chi connectivity index (χ1n) is 4.66. The predicted molar refractivity (Wildman–Crippen MR) is 53.5 cm³/mol. The van der Waals surface area contributed by atoms with E-state index in [2.05, 4.69) is 4.74 Å². The van der Waals surface area contributed by atoms with Crippen molar-refractivity contribution in [3.63, 3.8) is 0 Å². The molecule has 0 heterocycles. The van der Waals surface area contributed by atoms with E-state index in [0.717, 1.165) is 12.1 Å². The minimum Gasteiger partial charge on any atom is -0.494 e. The molecule has 0 unspecified atom stereocenters. The number of benzene rings is 1. The predicted octanol–water partition coefficient (Wildman–Crippen LogP) is 2.75. The van der Waals surface area contributed by atoms with Crippen LogP contribution < -0.4 is 15.2 Å². The lowest BCUT2D eigenvalue weighted by molar-refractivity contribution is -0.139. The van der Waals surface area contributed by atoms with Crippen molar-refractivity contribution in [1.82, 2.24) is 0 Å². The fraction of sp³-hybridized carbons (Fsp3) is 0.400. The van der Waals surface area contributed by atoms with Crippen LogP contribution in [0.25, 0.3) is 0 Å². The highest BCUT2D eigenvalue weighted by molar-refractivity contribution is 5.56. The van der Waals surface area contributed by atoms with Gasteiger partial charge in [-0.2, -0.15) is 13.2 Å². The number of methoxy groups -OCH3 is 1. The van der Waals surface area contributed by atoms with Gasteiger partial charge in [0.1, 0.15) is 5.75 Å². The summed E-state index contributed by atoms with van der Waals surface area (Å²) < 4.78 is 58.3. The maximum Gasteiger partial charge on any atom is 0.392 e. The second kappa shape index (κ2) is 5.11. The lowest BCUT2D eigenvalue weighted by atomic mass is 10.2. The molecule has 1 rings (SSSR count). The molecule has 0 saturated carbocycles. The molecule has 0 saturated heterocycles. The van der Waals surface area contributed by atoms with Crippen molar-refractivity contribution in [3.05, 3.63) is 17.9 Å². The van der Waals surface area contributed by atoms with Gasteiger partial charge in [0, 0.05) is 12.1 Å². The van der Waals surface area contributed by atoms with Gasteiger partial charge in [-0.15, -0.1) is 0 Å². The number of hydrogen-bond acceptors (Lipinski definition) is 3. The highest BCUT2D eigenvalue weighted by atomic mass is 19.4. The van der Waals surface area contributed by atoms with E-state index in [-0.39, 0.29) is 17.2 Å². The quantitative estimate of drug-likeness (QED) is 0.662. The Balaban J connectivity index is 2.71. The van der Waals surface area contributed by atoms with Gasteiger partial charge in [0.15, 0.2) is 11.6 Å². The molecule has 17 heavy (non-hydrogen) atoms. The van der Waals surface area contributed by atoms with Crippen LogP contribution in [0.5, 0.6) is 11.5 Å². The third-order valence-corrected chi connectivity index (χ3v) is 1.93. The molecule has 2 N–H and O–H groups in total. The second-order valence-electron chi connectivity index (χ2n) is 3.24. The summed E-state index contributed by atoms with van der Waals surface area (Å²) in [7, 11) is 1.31. The smallest absolute Gasteiger partial charge is 0.392 e. The van der Waals surface area contributed by atoms with E-state index in [1.165, 1.54) is 7.11 Å². The van der Waals surface area contributed by atoms with Crippen LogP contribution in [0.2, 0.25) is 0 Å². The Kier molecular flexibility index (Phi) is 4.03. The third kappa shape index (κ3) is 4.01. The van der Waals surface area contributed by atoms with Crippen LogP contribution in [0.4, 0.5) is 23.2 Å². The average molecular weight is 253 g/mol. The first kappa shape index (κ1) is 13.4. The molecule has 0 atom stereocenters. The molecule has 0 aliphatic carbocycles. The standard InChI is InChI=1S/C10H11F4NO2/c1-16-9-5-8(6(11)4-7(9)15)17-3-2-10(12,13)14/h4-5H,2-3,15H2,1H3. The molecule has 0 amide bonds. The summed E-state index contributed by atoms with van der Waals surface area (Å²) in [5.41, 5.74) is 5.45. The van der Waals surface area contributed by atoms with E-state index in [1.807, 2.05) is 0 Å². The molecule has 1 aromatic carbocycles. The lowest BCUT2D eigenvalue weighted by Crippen LogP contribution is -2.13. The topological polar surface area (TPSA) is 44.5 Å². The fourth-order valence-corrected chi connectivity index (χ4v) is 1.11. The van der Waals surface area contributed by atoms with Gasteiger partial charge in [-0.25, -0.2) is 4.39 Å². The molecule has 3 nitrogen and oxygen atoms in total. The number of hydrogen-bond donors (Lipinski definition) is 1. The summed E-state index contributed by atoms with van der Waals surface area (Å²) in [6.45, 7) is -0.659. The van der Waals surface area contributed by atoms with E-state index in [9.17, 15) is 17.6 Å². The van der Waals surface area contributed by atoms with Gasteiger partial charge < -0.3 is 15.2 Å². The van der Waals surface area contributed by atoms with E-state index in [1.54, 1.807) is 0 Å². The van der Waals surface area contributed by atoms with Gasteiger partial charge >= 0.3 is 6.18 Å². The van der Waals surface area contributed by atoms with Crippen molar-refractivity contribution in [3.8, 4) is 11.5 Å². The van der Waals surface area contributed by atoms with Crippen molar-refractivity contribution < 1.29 is 27.0 Å². The van der Waals surface area contributed by atoms with E-state index >= 15 is 0 Å². The Morgan fingerprint density at radius 2 is 1.88 bits per heavy atom. The summed E-state index contributed by atoms with van der Waals surface area (Å²) in [5.74, 6) is -1.00. The summed E-state index contributed by atoms with van der Waals surface area (Å²) in [5, 5.41) is 0. The second-order valence-corrected chi connectivity index (χ2v) is 3.24. The first-order valence-corrected chi connectivity index (χ1v) is 4.66. The molecule has 1 aromatic rings. The third-order valence-electron chi connectivity index (χ3n) is 1.93. The molecule has 0 fully saturated rings. The number of nitrogen functional groups attached to an aromatic ring is 1. The van der Waals surface area contributed by atoms with Crippen molar-refractivity contribution >= 4 is 5.69 Å². The van der Waals surface area contributed by atoms with Gasteiger partial charge in [-0.3, -0.25) is 0 Å². The van der Waals surface area contributed by atoms with Crippen LogP contribution in [0.15, 0.2) is 12.1 Å². The summed E-state index contributed by atoms with van der Waals surface area (Å²) in [6, 6.07) is 2.04. The maximum absolute atomic E-state index is 13.2. The minimum absolute atomic E-state index is 0.0492. The number of anilines is 1. The zero-order valence-electron chi connectivity index (χ0n) is 8.97. The summed E-state index contributed by atoms with van der Waals surface area (Å²) >= 11 is 0. The van der Waals surface area contributed by atoms with Gasteiger partial charge in [-0.1, -0.05) is 0 Å². The monoisotopic (exact) mass is 253 g/mol. The van der Waals surface area contributed by atoms with Crippen molar-refractivity contribution in [2.75, 3.05) is 19.5 Å². The largest absolute Gasteiger partial charge is 0.494 e. The Morgan fingerprint density at radius 1 is 1.24 bits per heavy atom. The van der Waals surface area contributed by atoms with Crippen molar-refractivity contribution in [1.29, 1.82) is 0 Å². The van der Waals surface area contributed by atoms with Gasteiger partial charge in [-0.05, 0) is 0 Å². The molecular formula is C10H11F4NO2. The van der Waals surface area contributed by atoms with Crippen LogP contribution in [-0.4, -0.2) is 19.9 Å². The molecule has 96 valence electrons. The van der Waals surface area contributed by atoms with Crippen molar-refractivity contribution in [2.45, 2.75) is 12.6 Å². The van der Waals surface area contributed by atoms with Crippen LogP contribution in [0.3, 0.4) is 0 Å². The zero-order valence-corrected chi connectivity index (χ0v) is 8.97. The van der Waals surface area contributed by atoms with E-state index < -0.39 is 25.0 Å². The average Bonchev–Trinajstić information content (AvgIpc) is 2.19. The van der Waals surface area contributed by atoms with Gasteiger partial charge in [0.05, 0.1) is 25.8 Å². The molecule has 0 aromatic heterocycles. The molecule has 7 heteroatoms. The van der Waals surface area contributed by atoms with Gasteiger partial charge in [0.25, 0.3) is 0 Å². The molecular weight excluding hydrogens is 242 g/mol. The Bertz CT molecular complexity index is 393. The molecule has 0 spiro atoms. The maximum atomic E-state index is 13.2. The minimum atomic E-state index is -4.34. The molecule has 0 bridgehead atoms.